The summed E-state index contributed by atoms with van der Waals surface area (Å²) in [7, 11) is -1.73. The number of aromatic nitrogens is 1. The van der Waals surface area contributed by atoms with Crippen molar-refractivity contribution in [2.75, 3.05) is 0 Å². The summed E-state index contributed by atoms with van der Waals surface area (Å²) < 4.78 is 6.13. The van der Waals surface area contributed by atoms with Crippen molar-refractivity contribution in [1.29, 1.82) is 0 Å². The molecule has 0 aliphatic rings. The van der Waals surface area contributed by atoms with Gasteiger partial charge in [0.05, 0.1) is 13.0 Å². The Bertz CT molecular complexity index is 777. The fraction of sp³-hybridized carbons (Fsp3) is 0.667. The topological polar surface area (TPSA) is 69.2 Å². The average Bonchev–Trinajstić information content (AvgIpc) is 2.99. The second-order valence-electron chi connectivity index (χ2n) is 9.19. The van der Waals surface area contributed by atoms with Gasteiger partial charge < -0.3 is 4.42 Å². The van der Waals surface area contributed by atoms with E-state index in [2.05, 4.69) is 40.8 Å². The van der Waals surface area contributed by atoms with Gasteiger partial charge in [-0.1, -0.05) is 72.9 Å². The monoisotopic (exact) mass is 390 g/mol. The number of non-ortho nitro benzene ring substituents is 1. The summed E-state index contributed by atoms with van der Waals surface area (Å²) in [6.07, 6.45) is 7.31. The number of nitrogens with zero attached hydrogens (tertiary/aromatic N) is 2. The van der Waals surface area contributed by atoms with Gasteiger partial charge in [-0.2, -0.15) is 0 Å². The van der Waals surface area contributed by atoms with Crippen LogP contribution in [0.5, 0.6) is 0 Å². The molecule has 1 atom stereocenters. The molecule has 0 saturated heterocycles. The average molecular weight is 391 g/mol. The number of oxazole rings is 1. The third-order valence-electron chi connectivity index (χ3n) is 6.30. The third kappa shape index (κ3) is 4.97. The van der Waals surface area contributed by atoms with E-state index in [0.29, 0.717) is 16.6 Å². The van der Waals surface area contributed by atoms with Crippen molar-refractivity contribution in [2.45, 2.75) is 89.9 Å². The summed E-state index contributed by atoms with van der Waals surface area (Å²) >= 11 is 0. The van der Waals surface area contributed by atoms with E-state index in [0.717, 1.165) is 12.3 Å². The van der Waals surface area contributed by atoms with Crippen LogP contribution in [0.25, 0.3) is 11.1 Å². The molecule has 150 valence electrons. The quantitative estimate of drug-likeness (QED) is 0.196. The van der Waals surface area contributed by atoms with Gasteiger partial charge in [0, 0.05) is 17.7 Å². The van der Waals surface area contributed by atoms with Gasteiger partial charge in [0.15, 0.2) is 11.5 Å². The molecule has 1 heterocycles. The minimum Gasteiger partial charge on any atom is -0.441 e. The Kier molecular flexibility index (Phi) is 6.84. The Morgan fingerprint density at radius 2 is 1.85 bits per heavy atom. The number of nitro groups is 1. The first-order valence-corrected chi connectivity index (χ1v) is 13.2. The summed E-state index contributed by atoms with van der Waals surface area (Å²) in [5.41, 5.74) is 1.61. The predicted octanol–water partition coefficient (Wildman–Crippen LogP) is 7.23. The number of unbranched alkanes of at least 4 members (excludes halogenated alkanes) is 4. The van der Waals surface area contributed by atoms with E-state index >= 15 is 0 Å². The molecule has 1 aromatic carbocycles. The molecule has 1 unspecified atom stereocenters. The molecule has 5 nitrogen and oxygen atoms in total. The summed E-state index contributed by atoms with van der Waals surface area (Å²) in [6, 6.07) is 4.68. The van der Waals surface area contributed by atoms with Crippen LogP contribution in [-0.4, -0.2) is 18.0 Å². The molecular formula is C21H34N2O3Si. The molecule has 0 bridgehead atoms. The first-order valence-electron chi connectivity index (χ1n) is 10.1. The molecule has 0 fully saturated rings. The third-order valence-corrected chi connectivity index (χ3v) is 12.4. The maximum absolute atomic E-state index is 11.1. The highest BCUT2D eigenvalue weighted by Crippen LogP contribution is 2.47. The van der Waals surface area contributed by atoms with Gasteiger partial charge in [0.2, 0.25) is 0 Å². The molecule has 6 heteroatoms. The van der Waals surface area contributed by atoms with Crippen molar-refractivity contribution in [1.82, 2.24) is 4.98 Å². The molecule has 0 aliphatic carbocycles. The van der Waals surface area contributed by atoms with Crippen molar-refractivity contribution in [2.24, 2.45) is 0 Å². The number of nitro benzene ring substituents is 1. The fourth-order valence-corrected chi connectivity index (χ4v) is 6.18. The molecule has 0 N–H and O–H groups in total. The van der Waals surface area contributed by atoms with E-state index in [9.17, 15) is 10.1 Å². The zero-order chi connectivity index (χ0) is 20.2. The second kappa shape index (κ2) is 8.55. The maximum atomic E-state index is 11.1. The van der Waals surface area contributed by atoms with Crippen LogP contribution in [0.4, 0.5) is 5.69 Å². The second-order valence-corrected chi connectivity index (χ2v) is 14.8. The molecular weight excluding hydrogens is 356 g/mol. The molecule has 27 heavy (non-hydrogen) atoms. The highest BCUT2D eigenvalue weighted by Gasteiger charge is 2.44. The number of benzene rings is 1. The lowest BCUT2D eigenvalue weighted by Crippen LogP contribution is -2.44. The summed E-state index contributed by atoms with van der Waals surface area (Å²) in [5.74, 6) is 0.771. The van der Waals surface area contributed by atoms with Crippen LogP contribution < -0.4 is 0 Å². The van der Waals surface area contributed by atoms with Crippen LogP contribution in [0.15, 0.2) is 22.6 Å². The van der Waals surface area contributed by atoms with Crippen LogP contribution in [-0.2, 0) is 0 Å². The molecule has 0 saturated carbocycles. The lowest BCUT2D eigenvalue weighted by atomic mass is 10.1. The van der Waals surface area contributed by atoms with E-state index < -0.39 is 8.07 Å². The maximum Gasteiger partial charge on any atom is 0.271 e. The smallest absolute Gasteiger partial charge is 0.271 e. The van der Waals surface area contributed by atoms with E-state index in [1.807, 2.05) is 0 Å². The first-order chi connectivity index (χ1) is 12.6. The Morgan fingerprint density at radius 3 is 2.44 bits per heavy atom. The van der Waals surface area contributed by atoms with Crippen molar-refractivity contribution in [3.05, 3.63) is 34.2 Å². The minimum atomic E-state index is -1.73. The molecule has 0 spiro atoms. The molecule has 1 aromatic heterocycles. The SMILES string of the molecule is CCCCCCCC(c1nc2cc([N+](=O)[O-])ccc2o1)[Si](C)(C)C(C)(C)C. The Morgan fingerprint density at radius 1 is 1.19 bits per heavy atom. The Labute approximate surface area is 163 Å². The fourth-order valence-electron chi connectivity index (χ4n) is 3.46. The molecule has 2 rings (SSSR count). The molecule has 0 amide bonds. The summed E-state index contributed by atoms with van der Waals surface area (Å²) in [6.45, 7) is 14.0. The zero-order valence-corrected chi connectivity index (χ0v) is 18.7. The van der Waals surface area contributed by atoms with E-state index in [1.165, 1.54) is 44.2 Å². The number of fused-ring (bicyclic) bond motifs is 1. The van der Waals surface area contributed by atoms with Crippen LogP contribution in [0, 0.1) is 10.1 Å². The molecule has 0 radical (unpaired) electrons. The first kappa shape index (κ1) is 21.6. The summed E-state index contributed by atoms with van der Waals surface area (Å²) in [5, 5.41) is 11.3. The van der Waals surface area contributed by atoms with Crippen LogP contribution >= 0.6 is 0 Å². The van der Waals surface area contributed by atoms with Crippen molar-refractivity contribution >= 4 is 24.9 Å². The standard InChI is InChI=1S/C21H34N2O3Si/c1-7-8-9-10-11-12-19(27(5,6)21(2,3)4)20-22-17-15-16(23(24)25)13-14-18(17)26-20/h13-15,19H,7-12H2,1-6H3. The Hall–Kier alpha value is -1.69. The van der Waals surface area contributed by atoms with Gasteiger partial charge >= 0.3 is 0 Å². The van der Waals surface area contributed by atoms with Crippen molar-refractivity contribution in [3.63, 3.8) is 0 Å². The van der Waals surface area contributed by atoms with Gasteiger partial charge in [-0.05, 0) is 17.5 Å². The van der Waals surface area contributed by atoms with Gasteiger partial charge in [-0.15, -0.1) is 0 Å². The lowest BCUT2D eigenvalue weighted by Gasteiger charge is -2.42. The highest BCUT2D eigenvalue weighted by molar-refractivity contribution is 6.81. The minimum absolute atomic E-state index is 0.0609. The summed E-state index contributed by atoms with van der Waals surface area (Å²) in [4.78, 5) is 15.4. The van der Waals surface area contributed by atoms with Crippen molar-refractivity contribution < 1.29 is 9.34 Å². The highest BCUT2D eigenvalue weighted by atomic mass is 28.3. The number of hydrogen-bond donors (Lipinski definition) is 0. The van der Waals surface area contributed by atoms with Gasteiger partial charge in [0.1, 0.15) is 5.52 Å². The molecule has 0 aliphatic heterocycles. The van der Waals surface area contributed by atoms with Crippen LogP contribution in [0.1, 0.15) is 77.7 Å². The zero-order valence-electron chi connectivity index (χ0n) is 17.7. The van der Waals surface area contributed by atoms with Crippen LogP contribution in [0.2, 0.25) is 18.1 Å². The molecule has 2 aromatic rings. The normalized spacial score (nSPS) is 13.9. The van der Waals surface area contributed by atoms with Crippen LogP contribution in [0.3, 0.4) is 0 Å². The van der Waals surface area contributed by atoms with Crippen molar-refractivity contribution in [3.8, 4) is 0 Å². The van der Waals surface area contributed by atoms with E-state index in [4.69, 9.17) is 9.40 Å². The van der Waals surface area contributed by atoms with Gasteiger partial charge in [0.25, 0.3) is 5.69 Å². The lowest BCUT2D eigenvalue weighted by molar-refractivity contribution is -0.384. The van der Waals surface area contributed by atoms with Gasteiger partial charge in [-0.25, -0.2) is 4.98 Å². The number of hydrogen-bond acceptors (Lipinski definition) is 4. The van der Waals surface area contributed by atoms with Gasteiger partial charge in [-0.3, -0.25) is 10.1 Å². The Balaban J connectivity index is 2.34. The van der Waals surface area contributed by atoms with E-state index in [1.54, 1.807) is 6.07 Å². The van der Waals surface area contributed by atoms with E-state index in [-0.39, 0.29) is 15.6 Å². The largest absolute Gasteiger partial charge is 0.441 e. The number of rotatable bonds is 9. The predicted molar refractivity (Wildman–Crippen MR) is 114 cm³/mol.